The Morgan fingerprint density at radius 2 is 1.94 bits per heavy atom. The molecule has 0 spiro atoms. The van der Waals surface area contributed by atoms with Crippen molar-refractivity contribution in [3.05, 3.63) is 35.3 Å². The number of hydrogen-bond donors (Lipinski definition) is 1. The van der Waals surface area contributed by atoms with Crippen LogP contribution in [-0.4, -0.2) is 50.2 Å². The van der Waals surface area contributed by atoms with Crippen LogP contribution < -0.4 is 15.4 Å². The maximum Gasteiger partial charge on any atom is 0.336 e. The van der Waals surface area contributed by atoms with E-state index in [0.717, 1.165) is 35.7 Å². The molecule has 32 heavy (non-hydrogen) atoms. The van der Waals surface area contributed by atoms with Crippen LogP contribution in [0.1, 0.15) is 55.8 Å². The number of nitrogens with zero attached hydrogens (tertiary/aromatic N) is 6. The summed E-state index contributed by atoms with van der Waals surface area (Å²) >= 11 is 0. The molecule has 3 aromatic heterocycles. The van der Waals surface area contributed by atoms with E-state index in [2.05, 4.69) is 33.0 Å². The standard InChI is InChI=1S/C22H29F2N7O/c1-3-7-17(18(23)24)32-22-28-19(25)21-27-13-16(31(21)29-22)11-15-10-14(2)20(26-12-15)30-8-5-4-6-9-30/h10,12-13,17-18H,3-9,11H2,1-2H3,(H2,25,28,29)/t17-/m0/s1. The lowest BCUT2D eigenvalue weighted by molar-refractivity contribution is 0.00115. The van der Waals surface area contributed by atoms with E-state index in [1.807, 2.05) is 13.1 Å². The maximum absolute atomic E-state index is 13.3. The van der Waals surface area contributed by atoms with E-state index in [0.29, 0.717) is 18.5 Å². The Labute approximate surface area is 185 Å². The molecule has 0 unspecified atom stereocenters. The molecule has 0 saturated carbocycles. The van der Waals surface area contributed by atoms with Crippen LogP contribution in [0.3, 0.4) is 0 Å². The van der Waals surface area contributed by atoms with Gasteiger partial charge in [-0.05, 0) is 43.7 Å². The number of piperidine rings is 1. The number of anilines is 2. The third-order valence-electron chi connectivity index (χ3n) is 5.70. The Balaban J connectivity index is 1.58. The number of alkyl halides is 2. The molecule has 4 heterocycles. The van der Waals surface area contributed by atoms with Gasteiger partial charge in [-0.25, -0.2) is 23.3 Å². The molecule has 0 aliphatic carbocycles. The Morgan fingerprint density at radius 1 is 1.16 bits per heavy atom. The number of ether oxygens (including phenoxy) is 1. The zero-order valence-corrected chi connectivity index (χ0v) is 18.5. The molecule has 1 aliphatic rings. The first kappa shape index (κ1) is 22.2. The van der Waals surface area contributed by atoms with Crippen LogP contribution in [0.25, 0.3) is 5.65 Å². The monoisotopic (exact) mass is 445 g/mol. The van der Waals surface area contributed by atoms with Crippen LogP contribution in [0.2, 0.25) is 0 Å². The van der Waals surface area contributed by atoms with Gasteiger partial charge in [-0.2, -0.15) is 4.98 Å². The lowest BCUT2D eigenvalue weighted by atomic mass is 10.1. The van der Waals surface area contributed by atoms with Gasteiger partial charge in [-0.15, -0.1) is 5.10 Å². The van der Waals surface area contributed by atoms with Gasteiger partial charge in [0.1, 0.15) is 5.82 Å². The van der Waals surface area contributed by atoms with Crippen LogP contribution in [0.15, 0.2) is 18.5 Å². The highest BCUT2D eigenvalue weighted by Crippen LogP contribution is 2.24. The van der Waals surface area contributed by atoms with Crippen LogP contribution in [0.4, 0.5) is 20.4 Å². The van der Waals surface area contributed by atoms with Crippen molar-refractivity contribution in [1.82, 2.24) is 24.6 Å². The summed E-state index contributed by atoms with van der Waals surface area (Å²) in [7, 11) is 0. The number of fused-ring (bicyclic) bond motifs is 1. The summed E-state index contributed by atoms with van der Waals surface area (Å²) in [6.07, 6.45) is 4.55. The largest absolute Gasteiger partial charge is 0.453 e. The highest BCUT2D eigenvalue weighted by Gasteiger charge is 2.24. The number of aromatic nitrogens is 5. The minimum Gasteiger partial charge on any atom is -0.453 e. The Morgan fingerprint density at radius 3 is 2.62 bits per heavy atom. The van der Waals surface area contributed by atoms with Crippen LogP contribution >= 0.6 is 0 Å². The van der Waals surface area contributed by atoms with Gasteiger partial charge >= 0.3 is 6.01 Å². The number of imidazole rings is 1. The quantitative estimate of drug-likeness (QED) is 0.563. The number of pyridine rings is 1. The first-order chi connectivity index (χ1) is 15.5. The normalized spacial score (nSPS) is 15.5. The van der Waals surface area contributed by atoms with Gasteiger partial charge in [0, 0.05) is 25.7 Å². The van der Waals surface area contributed by atoms with Gasteiger partial charge in [0.15, 0.2) is 17.6 Å². The molecule has 172 valence electrons. The second kappa shape index (κ2) is 9.62. The Kier molecular flexibility index (Phi) is 6.66. The van der Waals surface area contributed by atoms with Crippen LogP contribution in [0, 0.1) is 6.92 Å². The van der Waals surface area contributed by atoms with Gasteiger partial charge in [0.2, 0.25) is 0 Å². The summed E-state index contributed by atoms with van der Waals surface area (Å²) in [5.41, 5.74) is 9.23. The molecule has 0 aromatic carbocycles. The van der Waals surface area contributed by atoms with E-state index in [1.54, 1.807) is 6.20 Å². The fraction of sp³-hybridized carbons (Fsp3) is 0.545. The van der Waals surface area contributed by atoms with Crippen molar-refractivity contribution in [2.24, 2.45) is 0 Å². The molecule has 0 amide bonds. The number of nitrogen functional groups attached to an aromatic ring is 1. The summed E-state index contributed by atoms with van der Waals surface area (Å²) in [4.78, 5) is 15.4. The second-order valence-corrected chi connectivity index (χ2v) is 8.25. The molecular formula is C22H29F2N7O. The van der Waals surface area contributed by atoms with Gasteiger partial charge in [-0.3, -0.25) is 0 Å². The van der Waals surface area contributed by atoms with E-state index < -0.39 is 12.5 Å². The van der Waals surface area contributed by atoms with Crippen molar-refractivity contribution in [2.75, 3.05) is 23.7 Å². The average Bonchev–Trinajstić information content (AvgIpc) is 3.17. The van der Waals surface area contributed by atoms with Gasteiger partial charge in [-0.1, -0.05) is 19.4 Å². The third-order valence-corrected chi connectivity index (χ3v) is 5.70. The maximum atomic E-state index is 13.3. The number of nitrogens with two attached hydrogens (primary N) is 1. The SMILES string of the molecule is CCC[C@H](Oc1nc(N)c2ncc(Cc3cnc(N4CCCCC4)c(C)c3)n2n1)C(F)F. The fourth-order valence-corrected chi connectivity index (χ4v) is 4.12. The minimum absolute atomic E-state index is 0.0838. The van der Waals surface area contributed by atoms with Crippen molar-refractivity contribution in [1.29, 1.82) is 0 Å². The zero-order chi connectivity index (χ0) is 22.7. The van der Waals surface area contributed by atoms with E-state index in [-0.39, 0.29) is 18.2 Å². The lowest BCUT2D eigenvalue weighted by Crippen LogP contribution is -2.30. The van der Waals surface area contributed by atoms with E-state index in [1.165, 1.54) is 23.8 Å². The van der Waals surface area contributed by atoms with E-state index in [4.69, 9.17) is 15.5 Å². The molecule has 10 heteroatoms. The fourth-order valence-electron chi connectivity index (χ4n) is 4.12. The minimum atomic E-state index is -2.63. The van der Waals surface area contributed by atoms with E-state index in [9.17, 15) is 8.78 Å². The highest BCUT2D eigenvalue weighted by atomic mass is 19.3. The van der Waals surface area contributed by atoms with Crippen molar-refractivity contribution in [2.45, 2.75) is 64.9 Å². The first-order valence-electron chi connectivity index (χ1n) is 11.1. The lowest BCUT2D eigenvalue weighted by Gasteiger charge is -2.29. The molecule has 0 bridgehead atoms. The summed E-state index contributed by atoms with van der Waals surface area (Å²) in [5, 5.41) is 4.29. The highest BCUT2D eigenvalue weighted by molar-refractivity contribution is 5.60. The van der Waals surface area contributed by atoms with Crippen molar-refractivity contribution in [3.8, 4) is 6.01 Å². The molecule has 1 saturated heterocycles. The van der Waals surface area contributed by atoms with Gasteiger partial charge in [0.05, 0.1) is 11.9 Å². The molecule has 8 nitrogen and oxygen atoms in total. The van der Waals surface area contributed by atoms with Crippen molar-refractivity contribution in [3.63, 3.8) is 0 Å². The topological polar surface area (TPSA) is 94.5 Å². The predicted molar refractivity (Wildman–Crippen MR) is 118 cm³/mol. The van der Waals surface area contributed by atoms with Gasteiger partial charge < -0.3 is 15.4 Å². The number of rotatable bonds is 8. The number of halogens is 2. The summed E-state index contributed by atoms with van der Waals surface area (Å²) in [6, 6.07) is 1.94. The van der Waals surface area contributed by atoms with Crippen molar-refractivity contribution >= 4 is 17.3 Å². The number of aryl methyl sites for hydroxylation is 1. The molecular weight excluding hydrogens is 416 g/mol. The Bertz CT molecular complexity index is 1070. The molecule has 4 rings (SSSR count). The second-order valence-electron chi connectivity index (χ2n) is 8.25. The zero-order valence-electron chi connectivity index (χ0n) is 18.5. The molecule has 0 radical (unpaired) electrons. The number of hydrogen-bond acceptors (Lipinski definition) is 7. The summed E-state index contributed by atoms with van der Waals surface area (Å²) in [5.74, 6) is 1.11. The van der Waals surface area contributed by atoms with Crippen LogP contribution in [-0.2, 0) is 6.42 Å². The van der Waals surface area contributed by atoms with E-state index >= 15 is 0 Å². The molecule has 1 atom stereocenters. The molecule has 1 aliphatic heterocycles. The molecule has 2 N–H and O–H groups in total. The average molecular weight is 446 g/mol. The summed E-state index contributed by atoms with van der Waals surface area (Å²) < 4.78 is 33.4. The smallest absolute Gasteiger partial charge is 0.336 e. The van der Waals surface area contributed by atoms with Crippen LogP contribution in [0.5, 0.6) is 6.01 Å². The predicted octanol–water partition coefficient (Wildman–Crippen LogP) is 3.80. The molecule has 3 aromatic rings. The first-order valence-corrected chi connectivity index (χ1v) is 11.1. The van der Waals surface area contributed by atoms with Gasteiger partial charge in [0.25, 0.3) is 6.43 Å². The van der Waals surface area contributed by atoms with Crippen molar-refractivity contribution < 1.29 is 13.5 Å². The molecule has 1 fully saturated rings. The summed E-state index contributed by atoms with van der Waals surface area (Å²) in [6.45, 7) is 5.96. The Hall–Kier alpha value is -3.04. The third kappa shape index (κ3) is 4.73.